The summed E-state index contributed by atoms with van der Waals surface area (Å²) in [7, 11) is 0. The third-order valence-corrected chi connectivity index (χ3v) is 1.97. The van der Waals surface area contributed by atoms with Gasteiger partial charge >= 0.3 is 0 Å². The maximum Gasteiger partial charge on any atom is 0.257 e. The fraction of sp³-hybridized carbons (Fsp3) is 0.250. The van der Waals surface area contributed by atoms with Crippen LogP contribution in [-0.4, -0.2) is 17.4 Å². The largest absolute Gasteiger partial charge is 0.316 e. The average molecular weight is 189 g/mol. The van der Waals surface area contributed by atoms with Crippen LogP contribution in [0.25, 0.3) is 0 Å². The van der Waals surface area contributed by atoms with Crippen molar-refractivity contribution in [2.75, 3.05) is 6.54 Å². The van der Waals surface area contributed by atoms with E-state index >= 15 is 0 Å². The quantitative estimate of drug-likeness (QED) is 0.713. The van der Waals surface area contributed by atoms with Crippen molar-refractivity contribution in [3.8, 4) is 0 Å². The van der Waals surface area contributed by atoms with Gasteiger partial charge in [0.15, 0.2) is 0 Å². The molecule has 2 heteroatoms. The molecule has 0 bridgehead atoms. The van der Waals surface area contributed by atoms with E-state index in [0.29, 0.717) is 5.56 Å². The molecule has 1 aromatic rings. The van der Waals surface area contributed by atoms with Gasteiger partial charge < -0.3 is 4.90 Å². The first kappa shape index (κ1) is 10.5. The van der Waals surface area contributed by atoms with Crippen LogP contribution >= 0.6 is 0 Å². The number of hydrogen-bond acceptors (Lipinski definition) is 1. The molecule has 0 saturated carbocycles. The Bertz CT molecular complexity index is 305. The van der Waals surface area contributed by atoms with Gasteiger partial charge in [-0.15, -0.1) is 0 Å². The van der Waals surface area contributed by atoms with Crippen molar-refractivity contribution in [1.29, 1.82) is 0 Å². The second-order valence-corrected chi connectivity index (χ2v) is 3.05. The van der Waals surface area contributed by atoms with Crippen LogP contribution in [0.2, 0.25) is 0 Å². The molecule has 0 aromatic heterocycles. The van der Waals surface area contributed by atoms with Gasteiger partial charge in [-0.25, -0.2) is 0 Å². The van der Waals surface area contributed by atoms with Crippen LogP contribution in [0.15, 0.2) is 43.1 Å². The summed E-state index contributed by atoms with van der Waals surface area (Å²) in [6, 6.07) is 9.25. The lowest BCUT2D eigenvalue weighted by Gasteiger charge is -2.16. The summed E-state index contributed by atoms with van der Waals surface area (Å²) in [5.74, 6) is 0.0162. The Balaban J connectivity index is 2.78. The second-order valence-electron chi connectivity index (χ2n) is 3.05. The number of hydrogen-bond donors (Lipinski definition) is 0. The van der Waals surface area contributed by atoms with Gasteiger partial charge in [0.2, 0.25) is 0 Å². The van der Waals surface area contributed by atoms with Gasteiger partial charge in [-0.3, -0.25) is 4.79 Å². The first-order valence-corrected chi connectivity index (χ1v) is 4.78. The number of carbonyl (C=O) groups is 1. The van der Waals surface area contributed by atoms with Gasteiger partial charge in [0, 0.05) is 12.1 Å². The van der Waals surface area contributed by atoms with Gasteiger partial charge in [0.25, 0.3) is 5.91 Å². The van der Waals surface area contributed by atoms with E-state index in [1.165, 1.54) is 0 Å². The molecule has 0 aliphatic rings. The zero-order valence-corrected chi connectivity index (χ0v) is 8.44. The van der Waals surface area contributed by atoms with Crippen LogP contribution in [0.1, 0.15) is 23.7 Å². The molecule has 1 rings (SSSR count). The SMILES string of the molecule is C=CN(CCC)C(=O)c1ccccc1. The van der Waals surface area contributed by atoms with Crippen LogP contribution in [0.4, 0.5) is 0 Å². The lowest BCUT2D eigenvalue weighted by Crippen LogP contribution is -2.26. The molecule has 0 aliphatic heterocycles. The Labute approximate surface area is 84.9 Å². The highest BCUT2D eigenvalue weighted by atomic mass is 16.2. The van der Waals surface area contributed by atoms with Crippen LogP contribution in [0, 0.1) is 0 Å². The van der Waals surface area contributed by atoms with Crippen molar-refractivity contribution < 1.29 is 4.79 Å². The number of amides is 1. The molecule has 0 spiro atoms. The van der Waals surface area contributed by atoms with Crippen molar-refractivity contribution in [2.45, 2.75) is 13.3 Å². The van der Waals surface area contributed by atoms with Crippen LogP contribution in [0.5, 0.6) is 0 Å². The van der Waals surface area contributed by atoms with Crippen LogP contribution in [0.3, 0.4) is 0 Å². The summed E-state index contributed by atoms with van der Waals surface area (Å²) < 4.78 is 0. The van der Waals surface area contributed by atoms with Crippen LogP contribution in [-0.2, 0) is 0 Å². The highest BCUT2D eigenvalue weighted by molar-refractivity contribution is 5.94. The Morgan fingerprint density at radius 2 is 2.07 bits per heavy atom. The van der Waals surface area contributed by atoms with Crippen molar-refractivity contribution in [2.24, 2.45) is 0 Å². The van der Waals surface area contributed by atoms with Crippen molar-refractivity contribution in [3.63, 3.8) is 0 Å². The Morgan fingerprint density at radius 1 is 1.43 bits per heavy atom. The number of benzene rings is 1. The number of rotatable bonds is 4. The molecule has 0 fully saturated rings. The highest BCUT2D eigenvalue weighted by Crippen LogP contribution is 2.05. The Kier molecular flexibility index (Phi) is 3.92. The topological polar surface area (TPSA) is 20.3 Å². The maximum absolute atomic E-state index is 11.8. The first-order valence-electron chi connectivity index (χ1n) is 4.78. The standard InChI is InChI=1S/C12H15NO/c1-3-10-13(4-2)12(14)11-8-6-5-7-9-11/h4-9H,2-3,10H2,1H3. The zero-order valence-electron chi connectivity index (χ0n) is 8.44. The molecular formula is C12H15NO. The fourth-order valence-electron chi connectivity index (χ4n) is 1.26. The van der Waals surface area contributed by atoms with Gasteiger partial charge in [0.1, 0.15) is 0 Å². The number of carbonyl (C=O) groups excluding carboxylic acids is 1. The minimum Gasteiger partial charge on any atom is -0.316 e. The van der Waals surface area contributed by atoms with E-state index in [1.54, 1.807) is 11.1 Å². The normalized spacial score (nSPS) is 9.50. The van der Waals surface area contributed by atoms with E-state index in [0.717, 1.165) is 13.0 Å². The van der Waals surface area contributed by atoms with E-state index in [2.05, 4.69) is 6.58 Å². The van der Waals surface area contributed by atoms with Crippen LogP contribution < -0.4 is 0 Å². The van der Waals surface area contributed by atoms with E-state index in [9.17, 15) is 4.79 Å². The van der Waals surface area contributed by atoms with Crippen molar-refractivity contribution >= 4 is 5.91 Å². The molecule has 2 nitrogen and oxygen atoms in total. The molecule has 0 heterocycles. The summed E-state index contributed by atoms with van der Waals surface area (Å²) in [5, 5.41) is 0. The van der Waals surface area contributed by atoms with E-state index in [4.69, 9.17) is 0 Å². The first-order chi connectivity index (χ1) is 6.79. The summed E-state index contributed by atoms with van der Waals surface area (Å²) in [6.45, 7) is 6.39. The molecule has 0 atom stereocenters. The molecule has 14 heavy (non-hydrogen) atoms. The van der Waals surface area contributed by atoms with Gasteiger partial charge in [0.05, 0.1) is 0 Å². The molecule has 0 aliphatic carbocycles. The lowest BCUT2D eigenvalue weighted by atomic mass is 10.2. The van der Waals surface area contributed by atoms with E-state index < -0.39 is 0 Å². The molecule has 0 saturated heterocycles. The van der Waals surface area contributed by atoms with E-state index in [-0.39, 0.29) is 5.91 Å². The minimum atomic E-state index is 0.0162. The zero-order chi connectivity index (χ0) is 10.4. The summed E-state index contributed by atoms with van der Waals surface area (Å²) in [6.07, 6.45) is 2.52. The second kappa shape index (κ2) is 5.22. The third kappa shape index (κ3) is 2.46. The van der Waals surface area contributed by atoms with E-state index in [1.807, 2.05) is 37.3 Å². The Morgan fingerprint density at radius 3 is 2.57 bits per heavy atom. The molecule has 0 N–H and O–H groups in total. The number of nitrogens with zero attached hydrogens (tertiary/aromatic N) is 1. The highest BCUT2D eigenvalue weighted by Gasteiger charge is 2.10. The lowest BCUT2D eigenvalue weighted by molar-refractivity contribution is 0.0822. The molecule has 0 radical (unpaired) electrons. The smallest absolute Gasteiger partial charge is 0.257 e. The molecule has 74 valence electrons. The predicted octanol–water partition coefficient (Wildman–Crippen LogP) is 2.68. The van der Waals surface area contributed by atoms with Gasteiger partial charge in [-0.1, -0.05) is 31.7 Å². The van der Waals surface area contributed by atoms with Crippen molar-refractivity contribution in [3.05, 3.63) is 48.7 Å². The molecular weight excluding hydrogens is 174 g/mol. The fourth-order valence-corrected chi connectivity index (χ4v) is 1.26. The molecule has 1 aromatic carbocycles. The summed E-state index contributed by atoms with van der Waals surface area (Å²) in [5.41, 5.74) is 0.709. The third-order valence-electron chi connectivity index (χ3n) is 1.97. The summed E-state index contributed by atoms with van der Waals surface area (Å²) >= 11 is 0. The van der Waals surface area contributed by atoms with Gasteiger partial charge in [-0.05, 0) is 24.8 Å². The van der Waals surface area contributed by atoms with Crippen molar-refractivity contribution in [1.82, 2.24) is 4.90 Å². The predicted molar refractivity (Wildman–Crippen MR) is 58.0 cm³/mol. The monoisotopic (exact) mass is 189 g/mol. The minimum absolute atomic E-state index is 0.0162. The Hall–Kier alpha value is -1.57. The molecule has 1 amide bonds. The summed E-state index contributed by atoms with van der Waals surface area (Å²) in [4.78, 5) is 13.5. The van der Waals surface area contributed by atoms with Gasteiger partial charge in [-0.2, -0.15) is 0 Å². The average Bonchev–Trinajstić information content (AvgIpc) is 2.26. The molecule has 0 unspecified atom stereocenters. The maximum atomic E-state index is 11.8.